The van der Waals surface area contributed by atoms with Crippen molar-refractivity contribution in [3.63, 3.8) is 0 Å². The molecular weight excluding hydrogens is 276 g/mol. The van der Waals surface area contributed by atoms with Gasteiger partial charge in [0, 0.05) is 43.8 Å². The van der Waals surface area contributed by atoms with Crippen molar-refractivity contribution in [1.82, 2.24) is 20.1 Å². The number of nitrogens with one attached hydrogen (secondary N) is 1. The minimum absolute atomic E-state index is 0.0712. The van der Waals surface area contributed by atoms with E-state index < -0.39 is 0 Å². The van der Waals surface area contributed by atoms with Gasteiger partial charge in [0.2, 0.25) is 0 Å². The Kier molecular flexibility index (Phi) is 4.55. The van der Waals surface area contributed by atoms with Crippen LogP contribution in [-0.4, -0.2) is 27.4 Å². The molecule has 0 unspecified atom stereocenters. The fourth-order valence-corrected chi connectivity index (χ4v) is 2.99. The van der Waals surface area contributed by atoms with E-state index in [2.05, 4.69) is 46.9 Å². The number of hydrogen-bond donors (Lipinski definition) is 1. The third-order valence-corrected chi connectivity index (χ3v) is 4.28. The zero-order valence-electron chi connectivity index (χ0n) is 13.5. The van der Waals surface area contributed by atoms with E-state index in [1.807, 2.05) is 24.7 Å². The molecule has 0 radical (unpaired) electrons. The van der Waals surface area contributed by atoms with Gasteiger partial charge >= 0.3 is 0 Å². The first kappa shape index (κ1) is 15.2. The summed E-state index contributed by atoms with van der Waals surface area (Å²) in [5, 5.41) is 8.06. The average molecular weight is 300 g/mol. The lowest BCUT2D eigenvalue weighted by molar-refractivity contribution is 0.0899. The van der Waals surface area contributed by atoms with Crippen molar-refractivity contribution in [3.8, 4) is 0 Å². The Labute approximate surface area is 131 Å². The van der Waals surface area contributed by atoms with Gasteiger partial charge in [-0.3, -0.25) is 9.67 Å². The number of aromatic nitrogens is 3. The Morgan fingerprint density at radius 3 is 3.00 bits per heavy atom. The normalized spacial score (nSPS) is 21.6. The highest BCUT2D eigenvalue weighted by molar-refractivity contribution is 5.21. The van der Waals surface area contributed by atoms with Gasteiger partial charge in [0.1, 0.15) is 6.10 Å². The molecule has 2 aromatic rings. The van der Waals surface area contributed by atoms with Crippen molar-refractivity contribution >= 4 is 0 Å². The van der Waals surface area contributed by atoms with Crippen LogP contribution in [0.4, 0.5) is 0 Å². The molecule has 22 heavy (non-hydrogen) atoms. The van der Waals surface area contributed by atoms with Gasteiger partial charge in [-0.25, -0.2) is 0 Å². The topological polar surface area (TPSA) is 52.0 Å². The molecule has 3 rings (SSSR count). The lowest BCUT2D eigenvalue weighted by Gasteiger charge is -2.22. The van der Waals surface area contributed by atoms with E-state index in [1.54, 1.807) is 0 Å². The van der Waals surface area contributed by atoms with Crippen molar-refractivity contribution in [3.05, 3.63) is 47.5 Å². The molecule has 1 fully saturated rings. The van der Waals surface area contributed by atoms with Crippen molar-refractivity contribution < 1.29 is 4.74 Å². The van der Waals surface area contributed by atoms with Crippen LogP contribution in [-0.2, 0) is 11.3 Å². The molecule has 2 aromatic heterocycles. The van der Waals surface area contributed by atoms with Gasteiger partial charge in [0.15, 0.2) is 0 Å². The molecule has 0 bridgehead atoms. The van der Waals surface area contributed by atoms with E-state index >= 15 is 0 Å². The van der Waals surface area contributed by atoms with Crippen LogP contribution in [0, 0.1) is 6.92 Å². The summed E-state index contributed by atoms with van der Waals surface area (Å²) in [4.78, 5) is 4.21. The molecule has 118 valence electrons. The van der Waals surface area contributed by atoms with Crippen molar-refractivity contribution in [2.24, 2.45) is 0 Å². The summed E-state index contributed by atoms with van der Waals surface area (Å²) < 4.78 is 8.04. The molecule has 1 saturated heterocycles. The van der Waals surface area contributed by atoms with Gasteiger partial charge in [-0.1, -0.05) is 0 Å². The minimum atomic E-state index is 0.0712. The Morgan fingerprint density at radius 1 is 1.36 bits per heavy atom. The highest BCUT2D eigenvalue weighted by Gasteiger charge is 2.32. The summed E-state index contributed by atoms with van der Waals surface area (Å²) in [6.07, 6.45) is 6.72. The van der Waals surface area contributed by atoms with Crippen LogP contribution in [0.1, 0.15) is 49.2 Å². The molecule has 3 heterocycles. The lowest BCUT2D eigenvalue weighted by atomic mass is 10.1. The van der Waals surface area contributed by atoms with Gasteiger partial charge in [-0.2, -0.15) is 5.10 Å². The van der Waals surface area contributed by atoms with Crippen molar-refractivity contribution in [2.45, 2.75) is 51.9 Å². The second-order valence-corrected chi connectivity index (χ2v) is 6.16. The summed E-state index contributed by atoms with van der Waals surface area (Å²) >= 11 is 0. The molecule has 0 saturated carbocycles. The molecule has 1 aliphatic heterocycles. The average Bonchev–Trinajstić information content (AvgIpc) is 3.14. The molecule has 5 nitrogen and oxygen atoms in total. The summed E-state index contributed by atoms with van der Waals surface area (Å²) in [6.45, 7) is 8.02. The number of hydrogen-bond acceptors (Lipinski definition) is 4. The van der Waals surface area contributed by atoms with Crippen LogP contribution in [0.15, 0.2) is 30.7 Å². The monoisotopic (exact) mass is 300 g/mol. The van der Waals surface area contributed by atoms with Gasteiger partial charge < -0.3 is 10.1 Å². The van der Waals surface area contributed by atoms with Crippen molar-refractivity contribution in [1.29, 1.82) is 0 Å². The number of rotatable bonds is 5. The first-order valence-electron chi connectivity index (χ1n) is 7.94. The molecule has 0 aromatic carbocycles. The highest BCUT2D eigenvalue weighted by atomic mass is 16.5. The first-order chi connectivity index (χ1) is 10.7. The van der Waals surface area contributed by atoms with Crippen LogP contribution in [0.2, 0.25) is 0 Å². The van der Waals surface area contributed by atoms with Gasteiger partial charge in [0.05, 0.1) is 5.69 Å². The van der Waals surface area contributed by atoms with E-state index in [1.165, 1.54) is 11.1 Å². The van der Waals surface area contributed by atoms with Crippen molar-refractivity contribution in [2.75, 3.05) is 6.61 Å². The Morgan fingerprint density at radius 2 is 2.23 bits per heavy atom. The summed E-state index contributed by atoms with van der Waals surface area (Å²) in [5.74, 6) is 0. The molecule has 1 aliphatic rings. The van der Waals surface area contributed by atoms with Crippen LogP contribution in [0.3, 0.4) is 0 Å². The maximum Gasteiger partial charge on any atom is 0.114 e. The fourth-order valence-electron chi connectivity index (χ4n) is 2.99. The maximum atomic E-state index is 5.98. The highest BCUT2D eigenvalue weighted by Crippen LogP contribution is 2.30. The quantitative estimate of drug-likeness (QED) is 0.922. The fraction of sp³-hybridized carbons (Fsp3) is 0.529. The van der Waals surface area contributed by atoms with E-state index in [0.717, 1.165) is 25.3 Å². The predicted molar refractivity (Wildman–Crippen MR) is 85.5 cm³/mol. The number of nitrogens with zero attached hydrogens (tertiary/aromatic N) is 3. The molecule has 0 amide bonds. The third kappa shape index (κ3) is 3.05. The first-order valence-corrected chi connectivity index (χ1v) is 7.94. The van der Waals surface area contributed by atoms with E-state index in [4.69, 9.17) is 4.74 Å². The van der Waals surface area contributed by atoms with E-state index in [-0.39, 0.29) is 6.10 Å². The summed E-state index contributed by atoms with van der Waals surface area (Å²) in [7, 11) is 0. The van der Waals surface area contributed by atoms with E-state index in [0.29, 0.717) is 12.1 Å². The summed E-state index contributed by atoms with van der Waals surface area (Å²) in [5.41, 5.74) is 3.67. The predicted octanol–water partition coefficient (Wildman–Crippen LogP) is 2.79. The third-order valence-electron chi connectivity index (χ3n) is 4.28. The zero-order chi connectivity index (χ0) is 15.5. The second-order valence-electron chi connectivity index (χ2n) is 6.16. The number of ether oxygens (including phenoxy) is 1. The molecule has 2 atom stereocenters. The molecule has 5 heteroatoms. The standard InChI is InChI=1S/C17H24N4O/c1-12(2)21-16(5-8-20-21)17-15(6-9-22-17)19-11-14-10-18-7-4-13(14)3/h4-5,7-8,10,12,15,17,19H,6,9,11H2,1-3H3/t15-,17-/m0/s1. The number of aryl methyl sites for hydroxylation is 1. The van der Waals surface area contributed by atoms with Gasteiger partial charge in [0.25, 0.3) is 0 Å². The van der Waals surface area contributed by atoms with Crippen LogP contribution < -0.4 is 5.32 Å². The van der Waals surface area contributed by atoms with E-state index in [9.17, 15) is 0 Å². The lowest BCUT2D eigenvalue weighted by Crippen LogP contribution is -2.32. The summed E-state index contributed by atoms with van der Waals surface area (Å²) in [6, 6.07) is 4.78. The maximum absolute atomic E-state index is 5.98. The SMILES string of the molecule is Cc1ccncc1CN[C@H]1CCO[C@@H]1c1ccnn1C(C)C. The smallest absolute Gasteiger partial charge is 0.114 e. The Bertz CT molecular complexity index is 623. The minimum Gasteiger partial charge on any atom is -0.370 e. The zero-order valence-corrected chi connectivity index (χ0v) is 13.5. The van der Waals surface area contributed by atoms with Crippen LogP contribution in [0.5, 0.6) is 0 Å². The van der Waals surface area contributed by atoms with Crippen LogP contribution >= 0.6 is 0 Å². The molecule has 0 spiro atoms. The largest absolute Gasteiger partial charge is 0.370 e. The molecular formula is C17H24N4O. The number of pyridine rings is 1. The Hall–Kier alpha value is -1.72. The van der Waals surface area contributed by atoms with Crippen LogP contribution in [0.25, 0.3) is 0 Å². The second kappa shape index (κ2) is 6.58. The molecule has 1 N–H and O–H groups in total. The molecule has 0 aliphatic carbocycles. The van der Waals surface area contributed by atoms with Gasteiger partial charge in [-0.05, 0) is 50.5 Å². The van der Waals surface area contributed by atoms with Gasteiger partial charge in [-0.15, -0.1) is 0 Å². The Balaban J connectivity index is 1.71.